The summed E-state index contributed by atoms with van der Waals surface area (Å²) in [5, 5.41) is 10.1. The number of halogens is 2. The summed E-state index contributed by atoms with van der Waals surface area (Å²) in [6, 6.07) is 14.4. The maximum atomic E-state index is 12.9. The van der Waals surface area contributed by atoms with Crippen molar-refractivity contribution >= 4 is 52.1 Å². The van der Waals surface area contributed by atoms with E-state index in [0.717, 1.165) is 5.56 Å². The van der Waals surface area contributed by atoms with E-state index in [4.69, 9.17) is 35.4 Å². The first-order valence-electron chi connectivity index (χ1n) is 7.56. The summed E-state index contributed by atoms with van der Waals surface area (Å²) in [6.45, 7) is 1.82. The third kappa shape index (κ3) is 3.79. The molecule has 1 heterocycles. The van der Waals surface area contributed by atoms with Gasteiger partial charge in [-0.3, -0.25) is 4.79 Å². The Morgan fingerprint density at radius 3 is 2.56 bits per heavy atom. The average molecular weight is 392 g/mol. The van der Waals surface area contributed by atoms with Crippen LogP contribution in [0, 0.1) is 0 Å². The number of nitrogens with one attached hydrogen (secondary N) is 3. The summed E-state index contributed by atoms with van der Waals surface area (Å²) < 4.78 is 0. The van der Waals surface area contributed by atoms with Crippen LogP contribution in [0.1, 0.15) is 18.5 Å². The monoisotopic (exact) mass is 391 g/mol. The van der Waals surface area contributed by atoms with Crippen molar-refractivity contribution in [3.63, 3.8) is 0 Å². The average Bonchev–Trinajstić information content (AvgIpc) is 2.59. The summed E-state index contributed by atoms with van der Waals surface area (Å²) in [4.78, 5) is 12.9. The number of hydrogen-bond acceptors (Lipinski definition) is 2. The molecule has 1 aliphatic rings. The Hall–Kier alpha value is -2.08. The van der Waals surface area contributed by atoms with Crippen LogP contribution >= 0.6 is 35.4 Å². The highest BCUT2D eigenvalue weighted by atomic mass is 35.5. The molecule has 1 unspecified atom stereocenters. The smallest absolute Gasteiger partial charge is 0.255 e. The second kappa shape index (κ2) is 7.44. The molecular formula is C18H15Cl2N3OS. The highest BCUT2D eigenvalue weighted by Gasteiger charge is 2.30. The molecule has 0 aliphatic carbocycles. The van der Waals surface area contributed by atoms with Crippen LogP contribution in [0.3, 0.4) is 0 Å². The molecule has 0 radical (unpaired) electrons. The Balaban J connectivity index is 1.96. The van der Waals surface area contributed by atoms with Crippen molar-refractivity contribution in [2.45, 2.75) is 13.0 Å². The second-order valence-corrected chi connectivity index (χ2v) is 6.73. The van der Waals surface area contributed by atoms with Crippen molar-refractivity contribution in [3.05, 3.63) is 75.4 Å². The van der Waals surface area contributed by atoms with Gasteiger partial charge < -0.3 is 16.0 Å². The van der Waals surface area contributed by atoms with Gasteiger partial charge in [0.25, 0.3) is 5.91 Å². The van der Waals surface area contributed by atoms with Crippen molar-refractivity contribution < 1.29 is 4.79 Å². The molecule has 25 heavy (non-hydrogen) atoms. The molecular weight excluding hydrogens is 377 g/mol. The molecule has 0 bridgehead atoms. The lowest BCUT2D eigenvalue weighted by atomic mass is 9.95. The fraction of sp³-hybridized carbons (Fsp3) is 0.111. The van der Waals surface area contributed by atoms with Crippen molar-refractivity contribution in [1.29, 1.82) is 0 Å². The van der Waals surface area contributed by atoms with E-state index in [1.807, 2.05) is 37.3 Å². The van der Waals surface area contributed by atoms with Crippen LogP contribution in [0.5, 0.6) is 0 Å². The first kappa shape index (κ1) is 17.7. The summed E-state index contributed by atoms with van der Waals surface area (Å²) in [7, 11) is 0. The zero-order valence-corrected chi connectivity index (χ0v) is 15.6. The Labute approximate surface area is 161 Å². The predicted octanol–water partition coefficient (Wildman–Crippen LogP) is 4.42. The first-order chi connectivity index (χ1) is 12.0. The van der Waals surface area contributed by atoms with E-state index in [0.29, 0.717) is 32.1 Å². The maximum Gasteiger partial charge on any atom is 0.255 e. The molecule has 0 fully saturated rings. The molecule has 0 saturated carbocycles. The summed E-state index contributed by atoms with van der Waals surface area (Å²) in [6.07, 6.45) is 0. The van der Waals surface area contributed by atoms with Crippen LogP contribution in [-0.4, -0.2) is 11.0 Å². The second-order valence-electron chi connectivity index (χ2n) is 5.54. The van der Waals surface area contributed by atoms with Crippen molar-refractivity contribution in [2.75, 3.05) is 5.32 Å². The molecule has 2 aromatic rings. The van der Waals surface area contributed by atoms with Crippen molar-refractivity contribution in [3.8, 4) is 0 Å². The van der Waals surface area contributed by atoms with Gasteiger partial charge in [-0.05, 0) is 36.8 Å². The number of rotatable bonds is 3. The fourth-order valence-corrected chi connectivity index (χ4v) is 3.30. The molecule has 3 N–H and O–H groups in total. The lowest BCUT2D eigenvalue weighted by molar-refractivity contribution is -0.113. The van der Waals surface area contributed by atoms with Gasteiger partial charge in [-0.15, -0.1) is 0 Å². The molecule has 0 spiro atoms. The topological polar surface area (TPSA) is 53.2 Å². The number of hydrogen-bond donors (Lipinski definition) is 3. The number of amides is 1. The van der Waals surface area contributed by atoms with Crippen LogP contribution < -0.4 is 16.0 Å². The minimum atomic E-state index is -0.354. The van der Waals surface area contributed by atoms with Gasteiger partial charge in [0, 0.05) is 5.70 Å². The zero-order chi connectivity index (χ0) is 18.0. The molecule has 4 nitrogen and oxygen atoms in total. The van der Waals surface area contributed by atoms with Crippen LogP contribution in [0.15, 0.2) is 59.8 Å². The predicted molar refractivity (Wildman–Crippen MR) is 106 cm³/mol. The number of anilines is 1. The maximum absolute atomic E-state index is 12.9. The molecule has 3 rings (SSSR count). The number of allylic oxidation sites excluding steroid dienone is 1. The molecule has 0 aromatic heterocycles. The number of thiocarbonyl (C=S) groups is 1. The number of carbonyl (C=O) groups is 1. The Morgan fingerprint density at radius 1 is 1.12 bits per heavy atom. The molecule has 2 aromatic carbocycles. The highest BCUT2D eigenvalue weighted by Crippen LogP contribution is 2.32. The number of carbonyl (C=O) groups excluding carboxylic acids is 1. The van der Waals surface area contributed by atoms with Crippen LogP contribution in [0.4, 0.5) is 5.69 Å². The Morgan fingerprint density at radius 2 is 1.84 bits per heavy atom. The van der Waals surface area contributed by atoms with E-state index in [2.05, 4.69) is 16.0 Å². The molecule has 1 atom stereocenters. The Kier molecular flexibility index (Phi) is 5.27. The Bertz CT molecular complexity index is 868. The molecule has 0 saturated heterocycles. The van der Waals surface area contributed by atoms with Gasteiger partial charge in [-0.1, -0.05) is 59.6 Å². The summed E-state index contributed by atoms with van der Waals surface area (Å²) in [5.74, 6) is -0.280. The lowest BCUT2D eigenvalue weighted by Crippen LogP contribution is -2.45. The van der Waals surface area contributed by atoms with Gasteiger partial charge in [0.15, 0.2) is 5.11 Å². The van der Waals surface area contributed by atoms with Gasteiger partial charge in [0.1, 0.15) is 0 Å². The highest BCUT2D eigenvalue weighted by molar-refractivity contribution is 7.80. The summed E-state index contributed by atoms with van der Waals surface area (Å²) >= 11 is 17.4. The van der Waals surface area contributed by atoms with Crippen LogP contribution in [0.2, 0.25) is 10.0 Å². The minimum absolute atomic E-state index is 0.280. The first-order valence-corrected chi connectivity index (χ1v) is 8.72. The van der Waals surface area contributed by atoms with Gasteiger partial charge in [-0.25, -0.2) is 0 Å². The molecule has 1 amide bonds. The minimum Gasteiger partial charge on any atom is -0.351 e. The van der Waals surface area contributed by atoms with E-state index in [9.17, 15) is 4.79 Å². The zero-order valence-electron chi connectivity index (χ0n) is 13.3. The van der Waals surface area contributed by atoms with Gasteiger partial charge in [0.05, 0.1) is 27.3 Å². The molecule has 128 valence electrons. The van der Waals surface area contributed by atoms with E-state index in [1.165, 1.54) is 0 Å². The van der Waals surface area contributed by atoms with Gasteiger partial charge in [-0.2, -0.15) is 0 Å². The van der Waals surface area contributed by atoms with E-state index in [1.54, 1.807) is 18.2 Å². The summed E-state index contributed by atoms with van der Waals surface area (Å²) in [5.41, 5.74) is 2.62. The van der Waals surface area contributed by atoms with Crippen LogP contribution in [-0.2, 0) is 4.79 Å². The third-order valence-electron chi connectivity index (χ3n) is 3.85. The van der Waals surface area contributed by atoms with E-state index >= 15 is 0 Å². The molecule has 1 aliphatic heterocycles. The normalized spacial score (nSPS) is 16.9. The number of benzene rings is 2. The van der Waals surface area contributed by atoms with E-state index < -0.39 is 0 Å². The SMILES string of the molecule is CC1=C(C(=O)Nc2cccc(Cl)c2Cl)C(c2ccccc2)NC(=S)N1. The van der Waals surface area contributed by atoms with Crippen molar-refractivity contribution in [2.24, 2.45) is 0 Å². The largest absolute Gasteiger partial charge is 0.351 e. The molecule has 7 heteroatoms. The standard InChI is InChI=1S/C18H15Cl2N3OS/c1-10-14(17(24)22-13-9-5-8-12(19)15(13)20)16(23-18(25)21-10)11-6-3-2-4-7-11/h2-9,16H,1H3,(H,22,24)(H2,21,23,25). The van der Waals surface area contributed by atoms with Gasteiger partial charge >= 0.3 is 0 Å². The van der Waals surface area contributed by atoms with Gasteiger partial charge in [0.2, 0.25) is 0 Å². The third-order valence-corrected chi connectivity index (χ3v) is 4.89. The quantitative estimate of drug-likeness (QED) is 0.677. The van der Waals surface area contributed by atoms with E-state index in [-0.39, 0.29) is 11.9 Å². The van der Waals surface area contributed by atoms with Crippen molar-refractivity contribution in [1.82, 2.24) is 10.6 Å². The van der Waals surface area contributed by atoms with Crippen LogP contribution in [0.25, 0.3) is 0 Å². The fourth-order valence-electron chi connectivity index (χ4n) is 2.68. The lowest BCUT2D eigenvalue weighted by Gasteiger charge is -2.30.